The SMILES string of the molecule is C/C=C/CC/C=C/CC/C=C/C(O)C(COC1OC(CO)C(O)C(O)C1O)NC(=O)CCCCCCCCCCCCCCCCCCC/C=C\C/C=C\CCCCCCCCCCCOC(=O)CCCCCCC/C=C\CCCC. The second-order valence-electron chi connectivity index (χ2n) is 23.2. The van der Waals surface area contributed by atoms with Crippen LogP contribution in [0.3, 0.4) is 0 Å². The number of unbranched alkanes of at least 4 members (excludes halogenated alkanes) is 35. The molecule has 7 unspecified atom stereocenters. The normalized spacial score (nSPS) is 18.7. The zero-order valence-corrected chi connectivity index (χ0v) is 52.0. The first-order valence-electron chi connectivity index (χ1n) is 33.7. The van der Waals surface area contributed by atoms with E-state index in [2.05, 4.69) is 66.9 Å². The molecule has 0 aliphatic carbocycles. The first-order valence-corrected chi connectivity index (χ1v) is 33.7. The summed E-state index contributed by atoms with van der Waals surface area (Å²) in [5, 5.41) is 54.2. The summed E-state index contributed by atoms with van der Waals surface area (Å²) in [5.74, 6) is -0.203. The Hall–Kier alpha value is -2.90. The summed E-state index contributed by atoms with van der Waals surface area (Å²) < 4.78 is 16.7. The zero-order valence-electron chi connectivity index (χ0n) is 52.0. The number of hydrogen-bond acceptors (Lipinski definition) is 10. The van der Waals surface area contributed by atoms with Crippen molar-refractivity contribution in [2.75, 3.05) is 19.8 Å². The number of carbonyl (C=O) groups is 2. The summed E-state index contributed by atoms with van der Waals surface area (Å²) in [5.41, 5.74) is 0. The van der Waals surface area contributed by atoms with Crippen LogP contribution in [0.25, 0.3) is 0 Å². The average molecular weight is 1140 g/mol. The minimum Gasteiger partial charge on any atom is -0.466 e. The Morgan fingerprint density at radius 2 is 0.889 bits per heavy atom. The summed E-state index contributed by atoms with van der Waals surface area (Å²) in [7, 11) is 0. The summed E-state index contributed by atoms with van der Waals surface area (Å²) in [6, 6.07) is -0.833. The molecule has 0 aromatic carbocycles. The van der Waals surface area contributed by atoms with E-state index in [4.69, 9.17) is 14.2 Å². The molecule has 1 saturated heterocycles. The predicted octanol–water partition coefficient (Wildman–Crippen LogP) is 16.7. The van der Waals surface area contributed by atoms with Crippen LogP contribution >= 0.6 is 0 Å². The Labute approximate surface area is 496 Å². The lowest BCUT2D eigenvalue weighted by Crippen LogP contribution is -2.60. The van der Waals surface area contributed by atoms with E-state index in [1.807, 2.05) is 19.1 Å². The maximum Gasteiger partial charge on any atom is 0.305 e. The second kappa shape index (κ2) is 58.9. The number of hydrogen-bond donors (Lipinski definition) is 6. The summed E-state index contributed by atoms with van der Waals surface area (Å²) in [6.45, 7) is 4.06. The fraction of sp³-hybridized carbons (Fsp3) is 0.800. The van der Waals surface area contributed by atoms with Gasteiger partial charge in [-0.1, -0.05) is 253 Å². The minimum absolute atomic E-state index is 0.00533. The Bertz CT molecular complexity index is 1580. The molecule has 1 heterocycles. The van der Waals surface area contributed by atoms with E-state index in [9.17, 15) is 35.1 Å². The molecule has 1 aliphatic heterocycles. The number of aliphatic hydroxyl groups excluding tert-OH is 5. The van der Waals surface area contributed by atoms with Crippen molar-refractivity contribution in [2.24, 2.45) is 0 Å². The van der Waals surface area contributed by atoms with Gasteiger partial charge in [0.15, 0.2) is 6.29 Å². The molecule has 0 saturated carbocycles. The molecule has 81 heavy (non-hydrogen) atoms. The average Bonchev–Trinajstić information content (AvgIpc) is 3.46. The molecule has 0 aromatic heterocycles. The second-order valence-corrected chi connectivity index (χ2v) is 23.2. The molecule has 11 nitrogen and oxygen atoms in total. The van der Waals surface area contributed by atoms with Crippen LogP contribution in [-0.4, -0.2) is 100 Å². The van der Waals surface area contributed by atoms with Crippen LogP contribution in [0, 0.1) is 0 Å². The Morgan fingerprint density at radius 1 is 0.481 bits per heavy atom. The van der Waals surface area contributed by atoms with Gasteiger partial charge in [-0.15, -0.1) is 0 Å². The van der Waals surface area contributed by atoms with Crippen molar-refractivity contribution in [1.82, 2.24) is 5.32 Å². The Balaban J connectivity index is 1.94. The quantitative estimate of drug-likeness (QED) is 0.0195. The van der Waals surface area contributed by atoms with Crippen molar-refractivity contribution < 1.29 is 49.3 Å². The van der Waals surface area contributed by atoms with Crippen LogP contribution in [0.15, 0.2) is 72.9 Å². The highest BCUT2D eigenvalue weighted by Gasteiger charge is 2.44. The van der Waals surface area contributed by atoms with Gasteiger partial charge >= 0.3 is 5.97 Å². The molecule has 11 heteroatoms. The molecule has 1 aliphatic rings. The zero-order chi connectivity index (χ0) is 58.7. The van der Waals surface area contributed by atoms with Gasteiger partial charge in [0.25, 0.3) is 0 Å². The van der Waals surface area contributed by atoms with Gasteiger partial charge in [0, 0.05) is 12.8 Å². The van der Waals surface area contributed by atoms with Crippen molar-refractivity contribution in [2.45, 2.75) is 339 Å². The van der Waals surface area contributed by atoms with E-state index >= 15 is 0 Å². The lowest BCUT2D eigenvalue weighted by molar-refractivity contribution is -0.302. The Kier molecular flexibility index (Phi) is 55.3. The summed E-state index contributed by atoms with van der Waals surface area (Å²) in [6.07, 6.45) is 69.3. The van der Waals surface area contributed by atoms with Crippen LogP contribution in [-0.2, 0) is 23.8 Å². The topological polar surface area (TPSA) is 175 Å². The minimum atomic E-state index is -1.58. The molecule has 0 aromatic rings. The van der Waals surface area contributed by atoms with Gasteiger partial charge in [0.05, 0.1) is 32.0 Å². The van der Waals surface area contributed by atoms with Crippen molar-refractivity contribution >= 4 is 11.9 Å². The fourth-order valence-corrected chi connectivity index (χ4v) is 10.3. The van der Waals surface area contributed by atoms with E-state index in [1.54, 1.807) is 6.08 Å². The molecule has 0 radical (unpaired) electrons. The molecule has 1 fully saturated rings. The van der Waals surface area contributed by atoms with Crippen LogP contribution in [0.2, 0.25) is 0 Å². The summed E-state index contributed by atoms with van der Waals surface area (Å²) in [4.78, 5) is 25.0. The third kappa shape index (κ3) is 48.1. The molecular formula is C70H125NO10. The molecule has 7 atom stereocenters. The van der Waals surface area contributed by atoms with Crippen LogP contribution in [0.5, 0.6) is 0 Å². The van der Waals surface area contributed by atoms with Crippen molar-refractivity contribution in [3.63, 3.8) is 0 Å². The van der Waals surface area contributed by atoms with Crippen molar-refractivity contribution in [1.29, 1.82) is 0 Å². The van der Waals surface area contributed by atoms with Crippen molar-refractivity contribution in [3.8, 4) is 0 Å². The lowest BCUT2D eigenvalue weighted by atomic mass is 9.99. The van der Waals surface area contributed by atoms with Gasteiger partial charge in [-0.05, 0) is 103 Å². The number of nitrogens with one attached hydrogen (secondary N) is 1. The monoisotopic (exact) mass is 1140 g/mol. The van der Waals surface area contributed by atoms with Gasteiger partial charge in [0.2, 0.25) is 5.91 Å². The van der Waals surface area contributed by atoms with E-state index in [1.165, 1.54) is 199 Å². The number of allylic oxidation sites excluding steroid dienone is 11. The third-order valence-electron chi connectivity index (χ3n) is 15.6. The molecule has 1 amide bonds. The number of esters is 1. The summed E-state index contributed by atoms with van der Waals surface area (Å²) >= 11 is 0. The van der Waals surface area contributed by atoms with Crippen molar-refractivity contribution in [3.05, 3.63) is 72.9 Å². The van der Waals surface area contributed by atoms with Crippen LogP contribution in [0.4, 0.5) is 0 Å². The van der Waals surface area contributed by atoms with E-state index in [0.717, 1.165) is 70.6 Å². The molecule has 1 rings (SSSR count). The van der Waals surface area contributed by atoms with E-state index < -0.39 is 49.5 Å². The number of rotatable bonds is 58. The van der Waals surface area contributed by atoms with Gasteiger partial charge in [-0.2, -0.15) is 0 Å². The maximum absolute atomic E-state index is 13.0. The number of ether oxygens (including phenoxy) is 3. The molecular weight excluding hydrogens is 1010 g/mol. The largest absolute Gasteiger partial charge is 0.466 e. The van der Waals surface area contributed by atoms with Gasteiger partial charge in [-0.3, -0.25) is 9.59 Å². The smallest absolute Gasteiger partial charge is 0.305 e. The molecule has 470 valence electrons. The lowest BCUT2D eigenvalue weighted by Gasteiger charge is -2.40. The van der Waals surface area contributed by atoms with Gasteiger partial charge in [0.1, 0.15) is 24.4 Å². The number of carbonyl (C=O) groups excluding carboxylic acids is 2. The number of aliphatic hydroxyl groups is 5. The molecule has 0 bridgehead atoms. The van der Waals surface area contributed by atoms with E-state index in [-0.39, 0.29) is 18.5 Å². The molecule has 0 spiro atoms. The highest BCUT2D eigenvalue weighted by Crippen LogP contribution is 2.23. The Morgan fingerprint density at radius 3 is 1.37 bits per heavy atom. The standard InChI is InChI=1S/C70H125NO10/c1-3-5-7-9-11-13-37-42-46-50-54-58-66(75)79-59-55-51-47-43-39-36-34-32-30-28-26-24-22-20-18-16-14-15-17-19-21-23-25-27-29-31-33-35-38-41-45-49-53-57-65(74)71-62(63(73)56-52-48-44-40-12-10-8-6-4-2)61-80-70-69(78)68(77)67(76)64(60-72)81-70/h4,6,9,11-12,18,20,24,26,40,52,56,62-64,67-70,72-73,76-78H,3,5,7-8,10,13-17,19,21-23,25,27-39,41-51,53-55,57-61H2,1-2H3,(H,71,74)/b6-4+,11-9-,20-18-,26-24-,40-12+,56-52+. The van der Waals surface area contributed by atoms with Gasteiger partial charge < -0.3 is 45.1 Å². The highest BCUT2D eigenvalue weighted by molar-refractivity contribution is 5.76. The van der Waals surface area contributed by atoms with Gasteiger partial charge in [-0.25, -0.2) is 0 Å². The van der Waals surface area contributed by atoms with E-state index in [0.29, 0.717) is 19.4 Å². The van der Waals surface area contributed by atoms with Crippen LogP contribution in [0.1, 0.15) is 296 Å². The molecule has 6 N–H and O–H groups in total. The third-order valence-corrected chi connectivity index (χ3v) is 15.6. The van der Waals surface area contributed by atoms with Crippen LogP contribution < -0.4 is 5.32 Å². The highest BCUT2D eigenvalue weighted by atomic mass is 16.7. The fourth-order valence-electron chi connectivity index (χ4n) is 10.3. The first kappa shape index (κ1) is 76.1. The first-order chi connectivity index (χ1) is 39.7. The predicted molar refractivity (Wildman–Crippen MR) is 338 cm³/mol. The maximum atomic E-state index is 13.0. The number of amides is 1.